The van der Waals surface area contributed by atoms with E-state index in [2.05, 4.69) is 40.9 Å². The Bertz CT molecular complexity index is 1130. The van der Waals surface area contributed by atoms with Crippen molar-refractivity contribution in [1.82, 2.24) is 5.43 Å². The highest BCUT2D eigenvalue weighted by molar-refractivity contribution is 6.13. The number of rotatable bonds is 6. The quantitative estimate of drug-likeness (QED) is 0.302. The number of hydrazone groups is 1. The van der Waals surface area contributed by atoms with E-state index in [1.165, 1.54) is 0 Å². The minimum atomic E-state index is -0.332. The van der Waals surface area contributed by atoms with Crippen LogP contribution in [0.25, 0.3) is 21.5 Å². The maximum Gasteiger partial charge on any atom is 0.277 e. The molecule has 0 radical (unpaired) electrons. The van der Waals surface area contributed by atoms with E-state index < -0.39 is 0 Å². The number of nitrogens with one attached hydrogen (secondary N) is 1. The van der Waals surface area contributed by atoms with Crippen molar-refractivity contribution in [3.05, 3.63) is 84.4 Å². The molecular formula is C24H20N2O3. The summed E-state index contributed by atoms with van der Waals surface area (Å²) in [6, 6.07) is 25.5. The van der Waals surface area contributed by atoms with Crippen molar-refractivity contribution < 1.29 is 14.3 Å². The van der Waals surface area contributed by atoms with Crippen LogP contribution in [0.2, 0.25) is 0 Å². The van der Waals surface area contributed by atoms with Gasteiger partial charge in [0.05, 0.1) is 13.3 Å². The molecule has 29 heavy (non-hydrogen) atoms. The first-order chi connectivity index (χ1) is 14.2. The number of carbonyl (C=O) groups excluding carboxylic acids is 1. The van der Waals surface area contributed by atoms with Crippen molar-refractivity contribution in [3.8, 4) is 11.5 Å². The molecule has 0 unspecified atom stereocenters. The molecule has 5 nitrogen and oxygen atoms in total. The van der Waals surface area contributed by atoms with Crippen LogP contribution in [0.5, 0.6) is 11.5 Å². The van der Waals surface area contributed by atoms with E-state index in [0.29, 0.717) is 5.75 Å². The molecule has 0 saturated carbocycles. The summed E-state index contributed by atoms with van der Waals surface area (Å²) in [6.07, 6.45) is 1.69. The van der Waals surface area contributed by atoms with Gasteiger partial charge in [0.1, 0.15) is 11.5 Å². The van der Waals surface area contributed by atoms with Gasteiger partial charge in [-0.05, 0) is 51.9 Å². The first-order valence-electron chi connectivity index (χ1n) is 9.24. The molecule has 4 aromatic rings. The number of ether oxygens (including phenoxy) is 2. The van der Waals surface area contributed by atoms with Crippen LogP contribution in [-0.4, -0.2) is 25.8 Å². The average molecular weight is 384 g/mol. The van der Waals surface area contributed by atoms with Crippen LogP contribution in [-0.2, 0) is 4.79 Å². The molecule has 4 aromatic carbocycles. The second-order valence-corrected chi connectivity index (χ2v) is 6.49. The lowest BCUT2D eigenvalue weighted by Gasteiger charge is -2.08. The zero-order valence-corrected chi connectivity index (χ0v) is 16.0. The molecule has 0 aliphatic carbocycles. The number of amides is 1. The van der Waals surface area contributed by atoms with Crippen molar-refractivity contribution in [1.29, 1.82) is 0 Å². The predicted octanol–water partition coefficient (Wildman–Crippen LogP) is 4.53. The van der Waals surface area contributed by atoms with Crippen molar-refractivity contribution in [2.75, 3.05) is 13.7 Å². The number of hydrogen-bond acceptors (Lipinski definition) is 4. The number of hydrogen-bond donors (Lipinski definition) is 1. The molecule has 0 heterocycles. The lowest BCUT2D eigenvalue weighted by Crippen LogP contribution is -2.24. The Labute approximate surface area is 168 Å². The lowest BCUT2D eigenvalue weighted by molar-refractivity contribution is -0.123. The Morgan fingerprint density at radius 1 is 0.897 bits per heavy atom. The van der Waals surface area contributed by atoms with E-state index in [4.69, 9.17) is 9.47 Å². The standard InChI is InChI=1S/C24H20N2O3/c1-28-19-10-12-20(13-11-19)29-16-24(27)26-25-15-23-21-8-4-2-6-17(21)14-18-7-3-5-9-22(18)23/h2-15H,16H2,1H3,(H,26,27)/b25-15+. The van der Waals surface area contributed by atoms with Crippen LogP contribution >= 0.6 is 0 Å². The van der Waals surface area contributed by atoms with Gasteiger partial charge in [0, 0.05) is 5.56 Å². The molecule has 0 saturated heterocycles. The number of nitrogens with zero attached hydrogens (tertiary/aromatic N) is 1. The van der Waals surface area contributed by atoms with Crippen molar-refractivity contribution in [2.45, 2.75) is 0 Å². The van der Waals surface area contributed by atoms with Gasteiger partial charge in [-0.1, -0.05) is 48.5 Å². The number of fused-ring (bicyclic) bond motifs is 2. The third-order valence-electron chi connectivity index (χ3n) is 4.63. The highest BCUT2D eigenvalue weighted by Crippen LogP contribution is 2.27. The van der Waals surface area contributed by atoms with E-state index >= 15 is 0 Å². The van der Waals surface area contributed by atoms with Crippen LogP contribution in [0, 0.1) is 0 Å². The largest absolute Gasteiger partial charge is 0.497 e. The molecule has 0 atom stereocenters. The second kappa shape index (κ2) is 8.44. The molecule has 1 amide bonds. The Balaban J connectivity index is 1.48. The monoisotopic (exact) mass is 384 g/mol. The van der Waals surface area contributed by atoms with E-state index in [1.807, 2.05) is 24.3 Å². The van der Waals surface area contributed by atoms with Crippen LogP contribution < -0.4 is 14.9 Å². The fourth-order valence-electron chi connectivity index (χ4n) is 3.21. The molecule has 0 spiro atoms. The second-order valence-electron chi connectivity index (χ2n) is 6.49. The highest BCUT2D eigenvalue weighted by atomic mass is 16.5. The number of benzene rings is 4. The molecule has 0 fully saturated rings. The van der Waals surface area contributed by atoms with Crippen LogP contribution in [0.15, 0.2) is 84.0 Å². The maximum atomic E-state index is 12.1. The number of methoxy groups -OCH3 is 1. The zero-order valence-electron chi connectivity index (χ0n) is 16.0. The third-order valence-corrected chi connectivity index (χ3v) is 4.63. The van der Waals surface area contributed by atoms with E-state index in [0.717, 1.165) is 32.9 Å². The Morgan fingerprint density at radius 3 is 2.10 bits per heavy atom. The topological polar surface area (TPSA) is 59.9 Å². The van der Waals surface area contributed by atoms with Gasteiger partial charge in [-0.3, -0.25) is 4.79 Å². The maximum absolute atomic E-state index is 12.1. The molecular weight excluding hydrogens is 364 g/mol. The van der Waals surface area contributed by atoms with Crippen molar-refractivity contribution in [3.63, 3.8) is 0 Å². The summed E-state index contributed by atoms with van der Waals surface area (Å²) in [7, 11) is 1.60. The number of carbonyl (C=O) groups is 1. The molecule has 0 aliphatic rings. The van der Waals surface area contributed by atoms with Crippen LogP contribution in [0.3, 0.4) is 0 Å². The van der Waals surface area contributed by atoms with Gasteiger partial charge in [-0.2, -0.15) is 5.10 Å². The SMILES string of the molecule is COc1ccc(OCC(=O)N/N=C/c2c3ccccc3cc3ccccc23)cc1. The summed E-state index contributed by atoms with van der Waals surface area (Å²) < 4.78 is 10.6. The minimum Gasteiger partial charge on any atom is -0.497 e. The first-order valence-corrected chi connectivity index (χ1v) is 9.24. The summed E-state index contributed by atoms with van der Waals surface area (Å²) in [5.41, 5.74) is 3.50. The summed E-state index contributed by atoms with van der Waals surface area (Å²) in [4.78, 5) is 12.1. The van der Waals surface area contributed by atoms with Crippen molar-refractivity contribution >= 4 is 33.7 Å². The molecule has 0 aliphatic heterocycles. The van der Waals surface area contributed by atoms with E-state index in [9.17, 15) is 4.79 Å². The molecule has 0 aromatic heterocycles. The van der Waals surface area contributed by atoms with Crippen molar-refractivity contribution in [2.24, 2.45) is 5.10 Å². The Kier molecular flexibility index (Phi) is 5.38. The molecule has 5 heteroatoms. The first kappa shape index (κ1) is 18.5. The summed E-state index contributed by atoms with van der Waals surface area (Å²) in [5.74, 6) is 0.986. The summed E-state index contributed by atoms with van der Waals surface area (Å²) in [6.45, 7) is -0.125. The molecule has 1 N–H and O–H groups in total. The smallest absolute Gasteiger partial charge is 0.277 e. The van der Waals surface area contributed by atoms with E-state index in [-0.39, 0.29) is 12.5 Å². The fourth-order valence-corrected chi connectivity index (χ4v) is 3.21. The van der Waals surface area contributed by atoms with Gasteiger partial charge in [0.15, 0.2) is 6.61 Å². The normalized spacial score (nSPS) is 11.1. The van der Waals surface area contributed by atoms with Crippen LogP contribution in [0.1, 0.15) is 5.56 Å². The summed E-state index contributed by atoms with van der Waals surface area (Å²) in [5, 5.41) is 8.57. The van der Waals surface area contributed by atoms with Gasteiger partial charge in [-0.15, -0.1) is 0 Å². The summed E-state index contributed by atoms with van der Waals surface area (Å²) >= 11 is 0. The molecule has 0 bridgehead atoms. The average Bonchev–Trinajstić information content (AvgIpc) is 2.77. The van der Waals surface area contributed by atoms with Gasteiger partial charge in [0.25, 0.3) is 5.91 Å². The Hall–Kier alpha value is -3.86. The zero-order chi connectivity index (χ0) is 20.1. The van der Waals surface area contributed by atoms with Gasteiger partial charge in [-0.25, -0.2) is 5.43 Å². The minimum absolute atomic E-state index is 0.125. The van der Waals surface area contributed by atoms with Gasteiger partial charge < -0.3 is 9.47 Å². The van der Waals surface area contributed by atoms with E-state index in [1.54, 1.807) is 37.6 Å². The molecule has 144 valence electrons. The highest BCUT2D eigenvalue weighted by Gasteiger charge is 2.06. The fraction of sp³-hybridized carbons (Fsp3) is 0.0833. The Morgan fingerprint density at radius 2 is 1.48 bits per heavy atom. The van der Waals surface area contributed by atoms with Crippen LogP contribution in [0.4, 0.5) is 0 Å². The van der Waals surface area contributed by atoms with Gasteiger partial charge in [0.2, 0.25) is 0 Å². The van der Waals surface area contributed by atoms with Gasteiger partial charge >= 0.3 is 0 Å². The third kappa shape index (κ3) is 4.19. The molecule has 4 rings (SSSR count). The lowest BCUT2D eigenvalue weighted by atomic mass is 9.97. The predicted molar refractivity (Wildman–Crippen MR) is 116 cm³/mol.